The lowest BCUT2D eigenvalue weighted by molar-refractivity contribution is 0.102. The molecule has 0 unspecified atom stereocenters. The van der Waals surface area contributed by atoms with Crippen LogP contribution in [0.5, 0.6) is 0 Å². The first-order valence-corrected chi connectivity index (χ1v) is 10.3. The Hall–Kier alpha value is -2.74. The predicted molar refractivity (Wildman–Crippen MR) is 109 cm³/mol. The minimum absolute atomic E-state index is 0.0945. The second-order valence-electron chi connectivity index (χ2n) is 6.08. The summed E-state index contributed by atoms with van der Waals surface area (Å²) >= 11 is 5.83. The Morgan fingerprint density at radius 1 is 1.07 bits per heavy atom. The number of carbonyl (C=O) groups is 1. The van der Waals surface area contributed by atoms with Crippen LogP contribution in [0.3, 0.4) is 0 Å². The standard InChI is InChI=1S/C20H18ClN3O3S/c1-14-12-18(28(26,27)23-13-17-4-2-3-11-22-17)9-10-19(14)24-20(25)15-5-7-16(21)8-6-15/h2-12,23H,13H2,1H3,(H,24,25). The van der Waals surface area contributed by atoms with Crippen molar-refractivity contribution in [2.45, 2.75) is 18.4 Å². The first-order chi connectivity index (χ1) is 13.3. The maximum Gasteiger partial charge on any atom is 0.255 e. The third-order valence-corrected chi connectivity index (χ3v) is 5.68. The highest BCUT2D eigenvalue weighted by molar-refractivity contribution is 7.89. The largest absolute Gasteiger partial charge is 0.322 e. The fraction of sp³-hybridized carbons (Fsp3) is 0.100. The van der Waals surface area contributed by atoms with E-state index in [1.807, 2.05) is 0 Å². The lowest BCUT2D eigenvalue weighted by Gasteiger charge is -2.11. The predicted octanol–water partition coefficient (Wildman–Crippen LogP) is 3.77. The molecule has 0 saturated heterocycles. The molecule has 6 nitrogen and oxygen atoms in total. The number of rotatable bonds is 6. The molecule has 1 heterocycles. The van der Waals surface area contributed by atoms with Crippen LogP contribution in [0.2, 0.25) is 5.02 Å². The van der Waals surface area contributed by atoms with E-state index in [0.717, 1.165) is 0 Å². The fourth-order valence-electron chi connectivity index (χ4n) is 2.49. The van der Waals surface area contributed by atoms with Crippen LogP contribution in [0.4, 0.5) is 5.69 Å². The van der Waals surface area contributed by atoms with Crippen molar-refractivity contribution >= 4 is 33.2 Å². The molecule has 2 N–H and O–H groups in total. The molecule has 0 radical (unpaired) electrons. The Balaban J connectivity index is 1.72. The summed E-state index contributed by atoms with van der Waals surface area (Å²) in [6, 6.07) is 16.3. The summed E-state index contributed by atoms with van der Waals surface area (Å²) in [6.07, 6.45) is 1.60. The summed E-state index contributed by atoms with van der Waals surface area (Å²) in [4.78, 5) is 16.5. The van der Waals surface area contributed by atoms with Gasteiger partial charge >= 0.3 is 0 Å². The number of hydrogen-bond donors (Lipinski definition) is 2. The second-order valence-corrected chi connectivity index (χ2v) is 8.29. The van der Waals surface area contributed by atoms with E-state index in [0.29, 0.717) is 27.5 Å². The van der Waals surface area contributed by atoms with Crippen LogP contribution < -0.4 is 10.0 Å². The number of nitrogens with zero attached hydrogens (tertiary/aromatic N) is 1. The van der Waals surface area contributed by atoms with Crippen LogP contribution in [0.15, 0.2) is 71.8 Å². The highest BCUT2D eigenvalue weighted by Crippen LogP contribution is 2.21. The van der Waals surface area contributed by atoms with Gasteiger partial charge in [0, 0.05) is 22.5 Å². The summed E-state index contributed by atoms with van der Waals surface area (Å²) in [5, 5.41) is 3.32. The van der Waals surface area contributed by atoms with E-state index < -0.39 is 10.0 Å². The minimum Gasteiger partial charge on any atom is -0.322 e. The Kier molecular flexibility index (Phi) is 6.08. The summed E-state index contributed by atoms with van der Waals surface area (Å²) < 4.78 is 27.5. The van der Waals surface area contributed by atoms with E-state index in [1.165, 1.54) is 12.1 Å². The monoisotopic (exact) mass is 415 g/mol. The SMILES string of the molecule is Cc1cc(S(=O)(=O)NCc2ccccn2)ccc1NC(=O)c1ccc(Cl)cc1. The van der Waals surface area contributed by atoms with Crippen molar-refractivity contribution in [2.24, 2.45) is 0 Å². The molecule has 0 aliphatic carbocycles. The smallest absolute Gasteiger partial charge is 0.255 e. The van der Waals surface area contributed by atoms with Crippen molar-refractivity contribution in [1.29, 1.82) is 0 Å². The molecule has 0 fully saturated rings. The molecule has 1 amide bonds. The highest BCUT2D eigenvalue weighted by atomic mass is 35.5. The average molecular weight is 416 g/mol. The molecular formula is C20H18ClN3O3S. The van der Waals surface area contributed by atoms with Crippen LogP contribution in [-0.2, 0) is 16.6 Å². The molecule has 0 aliphatic heterocycles. The van der Waals surface area contributed by atoms with Gasteiger partial charge in [-0.3, -0.25) is 9.78 Å². The zero-order chi connectivity index (χ0) is 20.1. The van der Waals surface area contributed by atoms with Crippen LogP contribution in [0, 0.1) is 6.92 Å². The van der Waals surface area contributed by atoms with Crippen LogP contribution in [-0.4, -0.2) is 19.3 Å². The van der Waals surface area contributed by atoms with Gasteiger partial charge in [-0.2, -0.15) is 0 Å². The number of sulfonamides is 1. The number of halogens is 1. The lowest BCUT2D eigenvalue weighted by Crippen LogP contribution is -2.24. The third-order valence-electron chi connectivity index (χ3n) is 4.03. The van der Waals surface area contributed by atoms with Gasteiger partial charge in [-0.25, -0.2) is 13.1 Å². The van der Waals surface area contributed by atoms with Crippen LogP contribution in [0.1, 0.15) is 21.6 Å². The van der Waals surface area contributed by atoms with Crippen LogP contribution >= 0.6 is 11.6 Å². The Morgan fingerprint density at radius 3 is 2.46 bits per heavy atom. The third kappa shape index (κ3) is 4.95. The topological polar surface area (TPSA) is 88.2 Å². The van der Waals surface area contributed by atoms with Gasteiger partial charge in [-0.05, 0) is 67.1 Å². The van der Waals surface area contributed by atoms with Gasteiger partial charge < -0.3 is 5.32 Å². The number of nitrogens with one attached hydrogen (secondary N) is 2. The first-order valence-electron chi connectivity index (χ1n) is 8.42. The van der Waals surface area contributed by atoms with Gasteiger partial charge in [-0.1, -0.05) is 17.7 Å². The van der Waals surface area contributed by atoms with Gasteiger partial charge in [0.2, 0.25) is 10.0 Å². The number of hydrogen-bond acceptors (Lipinski definition) is 4. The van der Waals surface area contributed by atoms with Crippen molar-refractivity contribution < 1.29 is 13.2 Å². The minimum atomic E-state index is -3.70. The zero-order valence-corrected chi connectivity index (χ0v) is 16.6. The van der Waals surface area contributed by atoms with E-state index in [1.54, 1.807) is 61.7 Å². The molecule has 3 rings (SSSR count). The average Bonchev–Trinajstić information content (AvgIpc) is 2.69. The maximum absolute atomic E-state index is 12.5. The molecule has 1 aromatic heterocycles. The normalized spacial score (nSPS) is 11.2. The zero-order valence-electron chi connectivity index (χ0n) is 15.0. The number of benzene rings is 2. The van der Waals surface area contributed by atoms with Gasteiger partial charge in [0.15, 0.2) is 0 Å². The van der Waals surface area contributed by atoms with Gasteiger partial charge in [0.1, 0.15) is 0 Å². The number of aryl methyl sites for hydroxylation is 1. The molecule has 2 aromatic carbocycles. The molecule has 28 heavy (non-hydrogen) atoms. The fourth-order valence-corrected chi connectivity index (χ4v) is 3.70. The molecular weight excluding hydrogens is 398 g/mol. The first kappa shape index (κ1) is 20.0. The molecule has 8 heteroatoms. The molecule has 3 aromatic rings. The molecule has 144 valence electrons. The number of anilines is 1. The molecule has 0 atom stereocenters. The van der Waals surface area contributed by atoms with E-state index >= 15 is 0 Å². The second kappa shape index (κ2) is 8.52. The number of aromatic nitrogens is 1. The van der Waals surface area contributed by atoms with E-state index in [2.05, 4.69) is 15.0 Å². The lowest BCUT2D eigenvalue weighted by atomic mass is 10.1. The van der Waals surface area contributed by atoms with Gasteiger partial charge in [0.25, 0.3) is 5.91 Å². The summed E-state index contributed by atoms with van der Waals surface area (Å²) in [5.41, 5.74) is 2.24. The van der Waals surface area contributed by atoms with Gasteiger partial charge in [0.05, 0.1) is 17.1 Å². The molecule has 0 spiro atoms. The molecule has 0 bridgehead atoms. The van der Waals surface area contributed by atoms with Gasteiger partial charge in [-0.15, -0.1) is 0 Å². The Labute approximate surface area is 168 Å². The van der Waals surface area contributed by atoms with Crippen molar-refractivity contribution in [3.63, 3.8) is 0 Å². The quantitative estimate of drug-likeness (QED) is 0.641. The summed E-state index contributed by atoms with van der Waals surface area (Å²) in [7, 11) is -3.70. The highest BCUT2D eigenvalue weighted by Gasteiger charge is 2.16. The van der Waals surface area contributed by atoms with Crippen molar-refractivity contribution in [2.75, 3.05) is 5.32 Å². The molecule has 0 aliphatic rings. The van der Waals surface area contributed by atoms with E-state index in [4.69, 9.17) is 11.6 Å². The molecule has 0 saturated carbocycles. The van der Waals surface area contributed by atoms with E-state index in [-0.39, 0.29) is 17.3 Å². The van der Waals surface area contributed by atoms with Crippen molar-refractivity contribution in [3.8, 4) is 0 Å². The van der Waals surface area contributed by atoms with Crippen molar-refractivity contribution in [3.05, 3.63) is 88.7 Å². The maximum atomic E-state index is 12.5. The Morgan fingerprint density at radius 2 is 1.82 bits per heavy atom. The van der Waals surface area contributed by atoms with E-state index in [9.17, 15) is 13.2 Å². The Bertz CT molecular complexity index is 1090. The number of pyridine rings is 1. The van der Waals surface area contributed by atoms with Crippen molar-refractivity contribution in [1.82, 2.24) is 9.71 Å². The number of carbonyl (C=O) groups excluding carboxylic acids is 1. The van der Waals surface area contributed by atoms with Crippen LogP contribution in [0.25, 0.3) is 0 Å². The summed E-state index contributed by atoms with van der Waals surface area (Å²) in [6.45, 7) is 1.83. The number of amides is 1. The summed E-state index contributed by atoms with van der Waals surface area (Å²) in [5.74, 6) is -0.302.